The Morgan fingerprint density at radius 1 is 0.971 bits per heavy atom. The van der Waals surface area contributed by atoms with Crippen LogP contribution in [0.4, 0.5) is 22.4 Å². The molecule has 0 heterocycles. The summed E-state index contributed by atoms with van der Waals surface area (Å²) in [7, 11) is 0. The van der Waals surface area contributed by atoms with Gasteiger partial charge in [-0.25, -0.2) is 18.4 Å². The number of carbonyl (C=O) groups excluding carboxylic acids is 2. The predicted molar refractivity (Wildman–Crippen MR) is 111 cm³/mol. The highest BCUT2D eigenvalue weighted by Gasteiger charge is 2.71. The Kier molecular flexibility index (Phi) is 5.96. The largest absolute Gasteiger partial charge is 0.477 e. The Balaban J connectivity index is 1.29. The van der Waals surface area contributed by atoms with Gasteiger partial charge in [0.15, 0.2) is 0 Å². The summed E-state index contributed by atoms with van der Waals surface area (Å²) >= 11 is 0. The van der Waals surface area contributed by atoms with Crippen molar-refractivity contribution in [2.45, 2.75) is 17.8 Å². The van der Waals surface area contributed by atoms with Crippen LogP contribution in [0.3, 0.4) is 0 Å². The number of amides is 2. The zero-order valence-corrected chi connectivity index (χ0v) is 17.6. The summed E-state index contributed by atoms with van der Waals surface area (Å²) in [6.45, 7) is -2.26. The number of halogens is 4. The molecule has 0 aromatic heterocycles. The van der Waals surface area contributed by atoms with E-state index in [2.05, 4.69) is 5.32 Å². The lowest BCUT2D eigenvalue weighted by molar-refractivity contribution is -0.164. The van der Waals surface area contributed by atoms with Crippen LogP contribution >= 0.6 is 0 Å². The molecule has 2 aromatic carbocycles. The maximum absolute atomic E-state index is 13.9. The van der Waals surface area contributed by atoms with E-state index in [0.29, 0.717) is 0 Å². The molecular weight excluding hydrogens is 460 g/mol. The summed E-state index contributed by atoms with van der Waals surface area (Å²) < 4.78 is 59.2. The Morgan fingerprint density at radius 3 is 2.09 bits per heavy atom. The highest BCUT2D eigenvalue weighted by atomic mass is 19.3. The summed E-state index contributed by atoms with van der Waals surface area (Å²) in [5, 5.41) is 12.0. The lowest BCUT2D eigenvalue weighted by Gasteiger charge is -2.14. The van der Waals surface area contributed by atoms with Crippen molar-refractivity contribution >= 4 is 18.0 Å². The van der Waals surface area contributed by atoms with Gasteiger partial charge in [0.2, 0.25) is 5.91 Å². The van der Waals surface area contributed by atoms with Gasteiger partial charge in [0, 0.05) is 12.5 Å². The van der Waals surface area contributed by atoms with Crippen molar-refractivity contribution in [2.75, 3.05) is 19.7 Å². The highest BCUT2D eigenvalue weighted by Crippen LogP contribution is 2.55. The number of ether oxygens (including phenoxy) is 1. The molecule has 1 fully saturated rings. The monoisotopic (exact) mass is 480 g/mol. The second kappa shape index (κ2) is 8.62. The molecule has 0 saturated heterocycles. The van der Waals surface area contributed by atoms with Gasteiger partial charge in [0.05, 0.1) is 12.5 Å². The fourth-order valence-electron chi connectivity index (χ4n) is 4.23. The van der Waals surface area contributed by atoms with Gasteiger partial charge in [0.25, 0.3) is 5.92 Å². The molecule has 0 bridgehead atoms. The quantitative estimate of drug-likeness (QED) is 0.504. The van der Waals surface area contributed by atoms with Crippen molar-refractivity contribution < 1.29 is 41.8 Å². The molecule has 2 aromatic rings. The van der Waals surface area contributed by atoms with E-state index in [4.69, 9.17) is 9.84 Å². The number of hydrogen-bond donors (Lipinski definition) is 3. The van der Waals surface area contributed by atoms with E-state index in [0.717, 1.165) is 22.3 Å². The summed E-state index contributed by atoms with van der Waals surface area (Å²) in [5.74, 6) is -15.5. The number of benzene rings is 2. The molecule has 0 radical (unpaired) electrons. The summed E-state index contributed by atoms with van der Waals surface area (Å²) in [6, 6.07) is 15.3. The zero-order valence-electron chi connectivity index (χ0n) is 17.6. The summed E-state index contributed by atoms with van der Waals surface area (Å²) in [4.78, 5) is 34.3. The number of alkyl halides is 4. The van der Waals surface area contributed by atoms with Crippen molar-refractivity contribution in [1.29, 1.82) is 0 Å². The van der Waals surface area contributed by atoms with Gasteiger partial charge in [-0.15, -0.1) is 0 Å². The second-order valence-electron chi connectivity index (χ2n) is 8.19. The Labute approximate surface area is 191 Å². The normalized spacial score (nSPS) is 20.1. The number of fused-ring (bicyclic) bond motifs is 3. The Morgan fingerprint density at radius 2 is 1.53 bits per heavy atom. The van der Waals surface area contributed by atoms with Gasteiger partial charge in [-0.05, 0) is 22.3 Å². The molecule has 2 atom stereocenters. The van der Waals surface area contributed by atoms with Crippen molar-refractivity contribution in [3.63, 3.8) is 0 Å². The number of alkyl carbamates (subject to hydrolysis) is 1. The molecule has 0 aliphatic heterocycles. The van der Waals surface area contributed by atoms with Crippen LogP contribution in [0.25, 0.3) is 11.1 Å². The third kappa shape index (κ3) is 4.29. The first-order valence-corrected chi connectivity index (χ1v) is 10.4. The standard InChI is InChI=1S/C23H20F4N2O5/c24-22(25,20(31)32)11-29-19(30)18-17(23(18,26)27)9-28-21(33)34-10-16-14-7-3-1-5-12(14)13-6-2-4-8-15(13)16/h1-8,16-18H,9-11H2,(H,28,33)(H,29,30)(H,31,32)/t17-,18-/m0/s1. The number of nitrogens with one attached hydrogen (secondary N) is 2. The molecule has 2 aliphatic rings. The van der Waals surface area contributed by atoms with Crippen molar-refractivity contribution in [3.05, 3.63) is 59.7 Å². The number of rotatable bonds is 8. The average molecular weight is 480 g/mol. The molecule has 7 nitrogen and oxygen atoms in total. The van der Waals surface area contributed by atoms with Crippen LogP contribution in [-0.2, 0) is 14.3 Å². The average Bonchev–Trinajstić information content (AvgIpc) is 3.21. The maximum Gasteiger partial charge on any atom is 0.407 e. The molecule has 3 N–H and O–H groups in total. The number of carbonyl (C=O) groups is 3. The van der Waals surface area contributed by atoms with E-state index in [1.165, 1.54) is 5.32 Å². The predicted octanol–water partition coefficient (Wildman–Crippen LogP) is 3.24. The first-order chi connectivity index (χ1) is 16.0. The smallest absolute Gasteiger partial charge is 0.407 e. The lowest BCUT2D eigenvalue weighted by Crippen LogP contribution is -2.43. The van der Waals surface area contributed by atoms with Crippen LogP contribution in [0, 0.1) is 11.8 Å². The zero-order chi connectivity index (χ0) is 24.7. The first-order valence-electron chi connectivity index (χ1n) is 10.4. The minimum Gasteiger partial charge on any atom is -0.477 e. The molecular formula is C23H20F4N2O5. The second-order valence-corrected chi connectivity index (χ2v) is 8.19. The van der Waals surface area contributed by atoms with E-state index in [-0.39, 0.29) is 12.5 Å². The van der Waals surface area contributed by atoms with Crippen LogP contribution in [0.5, 0.6) is 0 Å². The van der Waals surface area contributed by atoms with Crippen molar-refractivity contribution in [3.8, 4) is 11.1 Å². The molecule has 4 rings (SSSR count). The fourth-order valence-corrected chi connectivity index (χ4v) is 4.23. The number of carboxylic acids is 1. The van der Waals surface area contributed by atoms with Gasteiger partial charge in [-0.1, -0.05) is 48.5 Å². The maximum atomic E-state index is 13.9. The van der Waals surface area contributed by atoms with Crippen LogP contribution < -0.4 is 10.6 Å². The fraction of sp³-hybridized carbons (Fsp3) is 0.348. The summed E-state index contributed by atoms with van der Waals surface area (Å²) in [5.41, 5.74) is 3.99. The molecule has 1 saturated carbocycles. The molecule has 34 heavy (non-hydrogen) atoms. The Bertz CT molecular complexity index is 1090. The number of carboxylic acid groups (broad SMARTS) is 1. The molecule has 2 amide bonds. The lowest BCUT2D eigenvalue weighted by atomic mass is 9.98. The highest BCUT2D eigenvalue weighted by molar-refractivity contribution is 5.85. The summed E-state index contributed by atoms with van der Waals surface area (Å²) in [6.07, 6.45) is -0.957. The van der Waals surface area contributed by atoms with Crippen LogP contribution in [0.2, 0.25) is 0 Å². The minimum absolute atomic E-state index is 0.0326. The van der Waals surface area contributed by atoms with Crippen molar-refractivity contribution in [1.82, 2.24) is 10.6 Å². The van der Waals surface area contributed by atoms with Gasteiger partial charge >= 0.3 is 18.0 Å². The number of hydrogen-bond acceptors (Lipinski definition) is 4. The van der Waals surface area contributed by atoms with E-state index in [1.54, 1.807) is 0 Å². The van der Waals surface area contributed by atoms with Gasteiger partial charge in [-0.2, -0.15) is 8.78 Å². The molecule has 0 unspecified atom stereocenters. The van der Waals surface area contributed by atoms with Gasteiger partial charge in [-0.3, -0.25) is 4.79 Å². The van der Waals surface area contributed by atoms with Crippen molar-refractivity contribution in [2.24, 2.45) is 11.8 Å². The first kappa shape index (κ1) is 23.5. The van der Waals surface area contributed by atoms with E-state index >= 15 is 0 Å². The van der Waals surface area contributed by atoms with E-state index < -0.39 is 54.7 Å². The molecule has 0 spiro atoms. The topological polar surface area (TPSA) is 105 Å². The van der Waals surface area contributed by atoms with Gasteiger partial charge in [0.1, 0.15) is 12.5 Å². The third-order valence-corrected chi connectivity index (χ3v) is 6.09. The Hall–Kier alpha value is -3.63. The molecule has 180 valence electrons. The SMILES string of the molecule is O=C(NC[C@H]1[C@@H](C(=O)NCC(F)(F)C(=O)O)C1(F)F)OCC1c2ccccc2-c2ccccc21. The number of aliphatic carboxylic acids is 1. The van der Waals surface area contributed by atoms with Gasteiger partial charge < -0.3 is 20.5 Å². The van der Waals surface area contributed by atoms with Crippen LogP contribution in [0.1, 0.15) is 17.0 Å². The van der Waals surface area contributed by atoms with Crippen LogP contribution in [-0.4, -0.2) is 54.6 Å². The van der Waals surface area contributed by atoms with Crippen LogP contribution in [0.15, 0.2) is 48.5 Å². The molecule has 11 heteroatoms. The van der Waals surface area contributed by atoms with E-state index in [1.807, 2.05) is 48.5 Å². The third-order valence-electron chi connectivity index (χ3n) is 6.09. The molecule has 2 aliphatic carbocycles. The van der Waals surface area contributed by atoms with E-state index in [9.17, 15) is 31.9 Å². The minimum atomic E-state index is -4.28.